The van der Waals surface area contributed by atoms with Gasteiger partial charge in [-0.2, -0.15) is 14.9 Å². The highest BCUT2D eigenvalue weighted by atomic mass is 32.1. The molecule has 11 heteroatoms. The Hall–Kier alpha value is -2.95. The van der Waals surface area contributed by atoms with Crippen molar-refractivity contribution >= 4 is 29.8 Å². The topological polar surface area (TPSA) is 132 Å². The monoisotopic (exact) mass is 294 g/mol. The molecule has 2 aromatic rings. The fourth-order valence-corrected chi connectivity index (χ4v) is 1.51. The molecule has 0 saturated carbocycles. The third-order valence-electron chi connectivity index (χ3n) is 2.28. The number of hydrogen-bond donors (Lipinski definition) is 1. The van der Waals surface area contributed by atoms with E-state index in [4.69, 9.17) is 12.2 Å². The number of non-ortho nitro benzene ring substituents is 1. The standard InChI is InChI=1S/C9H6N6O4S/c16-14(17)7-2-1-6(8(3-7)15(18)19)4-11-13-5-10-12-9(13)20/h1-5H,(H,12,20)/b11-4+. The van der Waals surface area contributed by atoms with Crippen LogP contribution in [-0.4, -0.2) is 30.9 Å². The number of nitro groups is 2. The number of aromatic amines is 1. The number of benzene rings is 1. The predicted octanol–water partition coefficient (Wildman–Crippen LogP) is 1.64. The Morgan fingerprint density at radius 3 is 2.65 bits per heavy atom. The van der Waals surface area contributed by atoms with Crippen molar-refractivity contribution in [2.75, 3.05) is 0 Å². The minimum absolute atomic E-state index is 0.115. The predicted molar refractivity (Wildman–Crippen MR) is 70.2 cm³/mol. The smallest absolute Gasteiger partial charge is 0.258 e. The first kappa shape index (κ1) is 13.5. The number of rotatable bonds is 4. The molecule has 10 nitrogen and oxygen atoms in total. The molecule has 0 aliphatic rings. The summed E-state index contributed by atoms with van der Waals surface area (Å²) in [5.41, 5.74) is -0.671. The van der Waals surface area contributed by atoms with Crippen LogP contribution in [-0.2, 0) is 0 Å². The van der Waals surface area contributed by atoms with Crippen molar-refractivity contribution in [1.82, 2.24) is 14.9 Å². The van der Waals surface area contributed by atoms with Crippen molar-refractivity contribution in [2.45, 2.75) is 0 Å². The number of nitrogens with zero attached hydrogens (tertiary/aromatic N) is 5. The third kappa shape index (κ3) is 2.72. The first-order valence-electron chi connectivity index (χ1n) is 5.08. The summed E-state index contributed by atoms with van der Waals surface area (Å²) < 4.78 is 1.41. The maximum atomic E-state index is 10.9. The van der Waals surface area contributed by atoms with Gasteiger partial charge >= 0.3 is 0 Å². The quantitative estimate of drug-likeness (QED) is 0.394. The summed E-state index contributed by atoms with van der Waals surface area (Å²) >= 11 is 4.85. The molecule has 0 unspecified atom stereocenters. The van der Waals surface area contributed by atoms with Crippen molar-refractivity contribution in [3.8, 4) is 0 Å². The summed E-state index contributed by atoms with van der Waals surface area (Å²) in [6, 6.07) is 3.27. The zero-order chi connectivity index (χ0) is 14.7. The molecule has 20 heavy (non-hydrogen) atoms. The highest BCUT2D eigenvalue weighted by molar-refractivity contribution is 7.71. The van der Waals surface area contributed by atoms with Crippen LogP contribution in [0.4, 0.5) is 11.4 Å². The molecule has 0 radical (unpaired) electrons. The summed E-state index contributed by atoms with van der Waals surface area (Å²) in [5, 5.41) is 31.5. The van der Waals surface area contributed by atoms with E-state index < -0.39 is 15.5 Å². The highest BCUT2D eigenvalue weighted by Gasteiger charge is 2.18. The van der Waals surface area contributed by atoms with Gasteiger partial charge in [0.2, 0.25) is 4.77 Å². The maximum Gasteiger partial charge on any atom is 0.285 e. The van der Waals surface area contributed by atoms with Crippen LogP contribution in [0.5, 0.6) is 0 Å². The maximum absolute atomic E-state index is 10.9. The van der Waals surface area contributed by atoms with E-state index in [-0.39, 0.29) is 16.0 Å². The third-order valence-corrected chi connectivity index (χ3v) is 2.56. The molecule has 0 saturated heterocycles. The van der Waals surface area contributed by atoms with Crippen LogP contribution in [0, 0.1) is 25.0 Å². The van der Waals surface area contributed by atoms with Crippen molar-refractivity contribution in [2.24, 2.45) is 5.10 Å². The lowest BCUT2D eigenvalue weighted by atomic mass is 10.2. The Bertz CT molecular complexity index is 764. The Balaban J connectivity index is 2.44. The van der Waals surface area contributed by atoms with Gasteiger partial charge in [-0.3, -0.25) is 25.3 Å². The van der Waals surface area contributed by atoms with Crippen molar-refractivity contribution in [3.63, 3.8) is 0 Å². The van der Waals surface area contributed by atoms with E-state index >= 15 is 0 Å². The molecule has 1 aromatic carbocycles. The van der Waals surface area contributed by atoms with Crippen LogP contribution >= 0.6 is 12.2 Å². The summed E-state index contributed by atoms with van der Waals surface area (Å²) in [4.78, 5) is 20.1. The number of hydrogen-bond acceptors (Lipinski definition) is 7. The first-order valence-corrected chi connectivity index (χ1v) is 5.49. The van der Waals surface area contributed by atoms with Gasteiger partial charge in [0.15, 0.2) is 0 Å². The number of nitro benzene ring substituents is 2. The molecule has 102 valence electrons. The first-order chi connectivity index (χ1) is 9.49. The fraction of sp³-hybridized carbons (Fsp3) is 0. The van der Waals surface area contributed by atoms with E-state index in [1.165, 1.54) is 23.3 Å². The van der Waals surface area contributed by atoms with Crippen LogP contribution in [0.25, 0.3) is 0 Å². The van der Waals surface area contributed by atoms with Gasteiger partial charge in [0.1, 0.15) is 6.33 Å². The van der Waals surface area contributed by atoms with Gasteiger partial charge in [-0.15, -0.1) is 0 Å². The molecule has 0 amide bonds. The fourth-order valence-electron chi connectivity index (χ4n) is 1.36. The minimum Gasteiger partial charge on any atom is -0.258 e. The van der Waals surface area contributed by atoms with E-state index in [2.05, 4.69) is 15.3 Å². The van der Waals surface area contributed by atoms with Gasteiger partial charge in [0.05, 0.1) is 27.7 Å². The second-order valence-electron chi connectivity index (χ2n) is 3.51. The Morgan fingerprint density at radius 1 is 1.35 bits per heavy atom. The molecule has 1 heterocycles. The zero-order valence-corrected chi connectivity index (χ0v) is 10.5. The van der Waals surface area contributed by atoms with Gasteiger partial charge in [-0.25, -0.2) is 0 Å². The summed E-state index contributed by atoms with van der Waals surface area (Å²) in [7, 11) is 0. The molecule has 0 bridgehead atoms. The van der Waals surface area contributed by atoms with Gasteiger partial charge in [-0.05, 0) is 18.3 Å². The molecule has 2 rings (SSSR count). The lowest BCUT2D eigenvalue weighted by Gasteiger charge is -1.97. The molecule has 0 atom stereocenters. The SMILES string of the molecule is O=[N+]([O-])c1ccc(/C=N/n2cn[nH]c2=S)c([N+](=O)[O-])c1. The van der Waals surface area contributed by atoms with E-state index in [1.807, 2.05) is 0 Å². The summed E-state index contributed by atoms with van der Waals surface area (Å²) in [6.45, 7) is 0. The number of nitrogens with one attached hydrogen (secondary N) is 1. The van der Waals surface area contributed by atoms with Crippen LogP contribution in [0.2, 0.25) is 0 Å². The summed E-state index contributed by atoms with van der Waals surface area (Å²) in [5.74, 6) is 0. The van der Waals surface area contributed by atoms with Crippen molar-refractivity contribution in [1.29, 1.82) is 0 Å². The molecule has 0 spiro atoms. The van der Waals surface area contributed by atoms with Crippen LogP contribution < -0.4 is 0 Å². The lowest BCUT2D eigenvalue weighted by molar-refractivity contribution is -0.394. The molecular formula is C9H6N6O4S. The van der Waals surface area contributed by atoms with Gasteiger partial charge in [-0.1, -0.05) is 0 Å². The van der Waals surface area contributed by atoms with Crippen molar-refractivity contribution < 1.29 is 9.85 Å². The Kier molecular flexibility index (Phi) is 3.61. The highest BCUT2D eigenvalue weighted by Crippen LogP contribution is 2.23. The lowest BCUT2D eigenvalue weighted by Crippen LogP contribution is -1.98. The number of H-pyrrole nitrogens is 1. The van der Waals surface area contributed by atoms with Crippen molar-refractivity contribution in [3.05, 3.63) is 55.1 Å². The normalized spacial score (nSPS) is 10.8. The van der Waals surface area contributed by atoms with E-state index in [0.717, 1.165) is 12.1 Å². The Labute approximate surface area is 115 Å². The zero-order valence-electron chi connectivity index (χ0n) is 9.66. The largest absolute Gasteiger partial charge is 0.285 e. The van der Waals surface area contributed by atoms with Gasteiger partial charge in [0, 0.05) is 6.07 Å². The van der Waals surface area contributed by atoms with Gasteiger partial charge in [0.25, 0.3) is 11.4 Å². The summed E-state index contributed by atoms with van der Waals surface area (Å²) in [6.07, 6.45) is 2.46. The van der Waals surface area contributed by atoms with Gasteiger partial charge < -0.3 is 0 Å². The van der Waals surface area contributed by atoms with E-state index in [9.17, 15) is 20.2 Å². The average Bonchev–Trinajstić information content (AvgIpc) is 2.81. The Morgan fingerprint density at radius 2 is 2.10 bits per heavy atom. The van der Waals surface area contributed by atoms with E-state index in [0.29, 0.717) is 0 Å². The molecule has 0 aliphatic carbocycles. The second-order valence-corrected chi connectivity index (χ2v) is 3.89. The number of aromatic nitrogens is 3. The van der Waals surface area contributed by atoms with Crippen LogP contribution in [0.1, 0.15) is 5.56 Å². The molecule has 1 aromatic heterocycles. The average molecular weight is 294 g/mol. The van der Waals surface area contributed by atoms with Crippen LogP contribution in [0.3, 0.4) is 0 Å². The molecular weight excluding hydrogens is 288 g/mol. The second kappa shape index (κ2) is 5.36. The molecule has 0 aliphatic heterocycles. The van der Waals surface area contributed by atoms with Crippen LogP contribution in [0.15, 0.2) is 29.6 Å². The minimum atomic E-state index is -0.719. The van der Waals surface area contributed by atoms with E-state index in [1.54, 1.807) is 0 Å². The molecule has 0 fully saturated rings. The molecule has 1 N–H and O–H groups in total.